The molecular weight excluding hydrogens is 983 g/mol. The molecule has 21 heteroatoms. The number of carbonyl (C=O) groups excluding carboxylic acids is 1. The normalized spacial score (nSPS) is 40.3. The summed E-state index contributed by atoms with van der Waals surface area (Å²) in [5, 5.41) is 66.9. The first-order valence-corrected chi connectivity index (χ1v) is 28.3. The van der Waals surface area contributed by atoms with Crippen LogP contribution in [0.5, 0.6) is 0 Å². The number of ether oxygens (including phenoxy) is 6. The van der Waals surface area contributed by atoms with Gasteiger partial charge in [0.2, 0.25) is 10.0 Å². The number of thiocarbonyl (C=S) groups is 1. The summed E-state index contributed by atoms with van der Waals surface area (Å²) in [6.07, 6.45) is -5.88. The molecule has 0 aromatic heterocycles. The van der Waals surface area contributed by atoms with Crippen molar-refractivity contribution in [2.24, 2.45) is 17.8 Å². The molecule has 0 spiro atoms. The Morgan fingerprint density at radius 1 is 0.932 bits per heavy atom. The number of rotatable bonds is 14. The van der Waals surface area contributed by atoms with Gasteiger partial charge in [0, 0.05) is 69.9 Å². The molecule has 1 aromatic rings. The summed E-state index contributed by atoms with van der Waals surface area (Å²) in [6, 6.07) is 5.51. The zero-order valence-electron chi connectivity index (χ0n) is 45.7. The molecule has 4 aliphatic heterocycles. The van der Waals surface area contributed by atoms with Crippen molar-refractivity contribution in [2.75, 3.05) is 59.2 Å². The molecule has 0 aliphatic carbocycles. The van der Waals surface area contributed by atoms with Crippen LogP contribution >= 0.6 is 12.2 Å². The van der Waals surface area contributed by atoms with Gasteiger partial charge in [-0.3, -0.25) is 9.69 Å². The van der Waals surface area contributed by atoms with E-state index in [0.29, 0.717) is 56.4 Å². The van der Waals surface area contributed by atoms with Crippen LogP contribution in [0.2, 0.25) is 0 Å². The number of sulfonamides is 1. The van der Waals surface area contributed by atoms with Gasteiger partial charge in [0.1, 0.15) is 30.0 Å². The van der Waals surface area contributed by atoms with Gasteiger partial charge in [-0.2, -0.15) is 4.31 Å². The van der Waals surface area contributed by atoms with E-state index in [1.807, 2.05) is 51.6 Å². The highest BCUT2D eigenvalue weighted by atomic mass is 32.2. The molecule has 0 bridgehead atoms. The predicted octanol–water partition coefficient (Wildman–Crippen LogP) is 3.82. The molecule has 0 amide bonds. The second-order valence-corrected chi connectivity index (χ2v) is 24.8. The first-order valence-electron chi connectivity index (χ1n) is 26.5. The second kappa shape index (κ2) is 26.0. The maximum atomic E-state index is 14.6. The van der Waals surface area contributed by atoms with Gasteiger partial charge < -0.3 is 69.5 Å². The summed E-state index contributed by atoms with van der Waals surface area (Å²) in [5.74, 6) is -2.90. The van der Waals surface area contributed by atoms with Crippen molar-refractivity contribution in [3.8, 4) is 0 Å². The summed E-state index contributed by atoms with van der Waals surface area (Å²) >= 11 is 5.63. The topological polar surface area (TPSA) is 242 Å². The van der Waals surface area contributed by atoms with E-state index < -0.39 is 106 Å². The number of nitrogens with zero attached hydrogens (tertiary/aromatic N) is 3. The number of benzene rings is 1. The molecule has 19 nitrogen and oxygen atoms in total. The zero-order chi connectivity index (χ0) is 54.4. The number of nitrogens with one attached hydrogen (secondary N) is 2. The molecule has 0 saturated carbocycles. The first kappa shape index (κ1) is 61.7. The van der Waals surface area contributed by atoms with Crippen LogP contribution in [0.4, 0.5) is 5.69 Å². The van der Waals surface area contributed by atoms with Crippen LogP contribution in [0, 0.1) is 17.8 Å². The zero-order valence-corrected chi connectivity index (χ0v) is 47.4. The van der Waals surface area contributed by atoms with Crippen molar-refractivity contribution in [1.82, 2.24) is 19.4 Å². The summed E-state index contributed by atoms with van der Waals surface area (Å²) < 4.78 is 66.1. The summed E-state index contributed by atoms with van der Waals surface area (Å²) in [7, 11) is 1.67. The summed E-state index contributed by atoms with van der Waals surface area (Å²) in [5.41, 5.74) is -4.04. The number of hydrogen-bond acceptors (Lipinski definition) is 17. The Hall–Kier alpha value is -2.19. The van der Waals surface area contributed by atoms with Crippen LogP contribution in [0.15, 0.2) is 29.2 Å². The highest BCUT2D eigenvalue weighted by Gasteiger charge is 2.53. The van der Waals surface area contributed by atoms with Crippen molar-refractivity contribution in [3.63, 3.8) is 0 Å². The maximum absolute atomic E-state index is 14.6. The largest absolute Gasteiger partial charge is 0.459 e. The van der Waals surface area contributed by atoms with E-state index >= 15 is 0 Å². The van der Waals surface area contributed by atoms with E-state index in [0.717, 1.165) is 19.3 Å². The molecule has 73 heavy (non-hydrogen) atoms. The number of cyclic esters (lactones) is 1. The average Bonchev–Trinajstić information content (AvgIpc) is 3.33. The molecule has 4 heterocycles. The van der Waals surface area contributed by atoms with Crippen LogP contribution < -0.4 is 10.6 Å². The average molecular weight is 1070 g/mol. The molecule has 0 unspecified atom stereocenters. The van der Waals surface area contributed by atoms with Crippen molar-refractivity contribution in [1.29, 1.82) is 0 Å². The van der Waals surface area contributed by atoms with Crippen LogP contribution in [0.1, 0.15) is 121 Å². The molecule has 18 atom stereocenters. The Morgan fingerprint density at radius 2 is 1.58 bits per heavy atom. The highest BCUT2D eigenvalue weighted by Crippen LogP contribution is 2.40. The van der Waals surface area contributed by atoms with Crippen molar-refractivity contribution in [2.45, 2.75) is 216 Å². The monoisotopic (exact) mass is 1070 g/mol. The lowest BCUT2D eigenvalue weighted by molar-refractivity contribution is -0.318. The van der Waals surface area contributed by atoms with E-state index in [-0.39, 0.29) is 42.2 Å². The van der Waals surface area contributed by atoms with Gasteiger partial charge in [-0.05, 0) is 143 Å². The van der Waals surface area contributed by atoms with E-state index in [2.05, 4.69) is 10.6 Å². The van der Waals surface area contributed by atoms with Crippen molar-refractivity contribution in [3.05, 3.63) is 24.3 Å². The minimum absolute atomic E-state index is 0.0938. The van der Waals surface area contributed by atoms with E-state index in [9.17, 15) is 38.7 Å². The minimum atomic E-state index is -3.58. The fourth-order valence-corrected chi connectivity index (χ4v) is 13.3. The number of anilines is 1. The van der Waals surface area contributed by atoms with E-state index in [1.54, 1.807) is 58.9 Å². The quantitative estimate of drug-likeness (QED) is 0.0796. The number of esters is 1. The lowest BCUT2D eigenvalue weighted by Crippen LogP contribution is -2.60. The fraction of sp³-hybridized carbons (Fsp3) is 0.846. The van der Waals surface area contributed by atoms with E-state index in [1.165, 1.54) is 18.3 Å². The van der Waals surface area contributed by atoms with Crippen LogP contribution in [-0.2, 0) is 43.2 Å². The molecule has 420 valence electrons. The fourth-order valence-electron chi connectivity index (χ4n) is 11.5. The Labute approximate surface area is 441 Å². The van der Waals surface area contributed by atoms with Gasteiger partial charge in [0.15, 0.2) is 17.7 Å². The molecule has 5 rings (SSSR count). The third kappa shape index (κ3) is 15.1. The van der Waals surface area contributed by atoms with Gasteiger partial charge in [-0.15, -0.1) is 0 Å². The standard InChI is InChI=1S/C52H91N5O14S2/c1-14-40-52(10,63)44(59)35(6)56(24-18-23-53-49(72)54-37-19-21-38(22-20-37)73(64,65)57-25-16-15-17-26-57)30-31(2)28-50(8,62)46(71-48-42(58)39(55(11)12)27-32(3)67-48)33(4)43(34(5)47(61)69-40)70-41-29-51(9,66-13)45(60)36(7)68-41/h19-22,31-36,39-46,48,58-60,62-63H,14-18,23-30H2,1-13H3,(H2,53,54,72)/t31-,32-,33+,34-,35-,36+,39+,40-,41+,42-,43+,44-,45+,46-,48+,50-,51-,52-/m1/s1. The number of carbonyl (C=O) groups is 1. The Morgan fingerprint density at radius 3 is 2.18 bits per heavy atom. The van der Waals surface area contributed by atoms with Crippen molar-refractivity contribution < 1.29 is 67.2 Å². The second-order valence-electron chi connectivity index (χ2n) is 22.4. The van der Waals surface area contributed by atoms with Gasteiger partial charge in [-0.25, -0.2) is 8.42 Å². The van der Waals surface area contributed by atoms with Gasteiger partial charge in [-0.1, -0.05) is 27.2 Å². The van der Waals surface area contributed by atoms with Crippen LogP contribution in [-0.4, -0.2) is 203 Å². The molecule has 1 aromatic carbocycles. The number of likely N-dealkylation sites (N-methyl/N-ethyl adjacent to an activating group) is 1. The third-order valence-electron chi connectivity index (χ3n) is 16.0. The van der Waals surface area contributed by atoms with E-state index in [4.69, 9.17) is 40.6 Å². The maximum Gasteiger partial charge on any atom is 0.311 e. The number of aliphatic hydroxyl groups excluding tert-OH is 3. The number of hydrogen-bond donors (Lipinski definition) is 7. The minimum Gasteiger partial charge on any atom is -0.459 e. The van der Waals surface area contributed by atoms with Gasteiger partial charge in [0.05, 0.1) is 46.4 Å². The first-order chi connectivity index (χ1) is 34.1. The lowest BCUT2D eigenvalue weighted by atomic mass is 9.77. The van der Waals surface area contributed by atoms with Crippen LogP contribution in [0.25, 0.3) is 0 Å². The number of methoxy groups -OCH3 is 1. The molecule has 4 fully saturated rings. The Balaban J connectivity index is 1.42. The smallest absolute Gasteiger partial charge is 0.311 e. The highest BCUT2D eigenvalue weighted by molar-refractivity contribution is 7.89. The summed E-state index contributed by atoms with van der Waals surface area (Å²) in [4.78, 5) is 18.8. The molecule has 4 aliphatic rings. The third-order valence-corrected chi connectivity index (χ3v) is 18.2. The predicted molar refractivity (Wildman–Crippen MR) is 281 cm³/mol. The number of piperidine rings is 1. The Bertz CT molecular complexity index is 2030. The van der Waals surface area contributed by atoms with Crippen molar-refractivity contribution >= 4 is 39.0 Å². The Kier molecular flexibility index (Phi) is 21.9. The molecular formula is C52H91N5O14S2. The lowest BCUT2D eigenvalue weighted by Gasteiger charge is -2.48. The molecule has 0 radical (unpaired) electrons. The SMILES string of the molecule is CC[C@H]1OC(=O)[C@H](C)[C@@H](O[C@H]2C[C@@](C)(OC)[C@@H](O)[C@H](C)O2)[C@H](C)[C@@H](O[C@@H]2O[C@H](C)C[C@H](N(C)C)[C@H]2O)[C@](C)(O)C[C@@H](C)CN(CCCNC(=S)Nc2ccc(S(=O)(=O)N3CCCCC3)cc2)[C@H](C)[C@@H](O)[C@]1(C)O. The molecule has 7 N–H and O–H groups in total. The van der Waals surface area contributed by atoms with Gasteiger partial charge in [0.25, 0.3) is 0 Å². The van der Waals surface area contributed by atoms with Gasteiger partial charge >= 0.3 is 5.97 Å². The summed E-state index contributed by atoms with van der Waals surface area (Å²) in [6.45, 7) is 19.7. The van der Waals surface area contributed by atoms with Crippen LogP contribution in [0.3, 0.4) is 0 Å². The molecule has 4 saturated heterocycles. The number of aliphatic hydroxyl groups is 5.